The van der Waals surface area contributed by atoms with Gasteiger partial charge in [0, 0.05) is 11.3 Å². The summed E-state index contributed by atoms with van der Waals surface area (Å²) in [6.07, 6.45) is -0.185. The molecule has 0 spiro atoms. The molecule has 1 heterocycles. The zero-order chi connectivity index (χ0) is 8.55. The molecule has 1 aliphatic rings. The third-order valence-corrected chi connectivity index (χ3v) is 2.05. The molecule has 1 aliphatic heterocycles. The molecule has 4 N–H and O–H groups in total. The maximum Gasteiger partial charge on any atom is 0.172 e. The number of para-hydroxylation sites is 1. The maximum absolute atomic E-state index is 5.80. The Morgan fingerprint density at radius 3 is 2.92 bits per heavy atom. The minimum absolute atomic E-state index is 0.185. The highest BCUT2D eigenvalue weighted by atomic mass is 32.1. The topological polar surface area (TPSA) is 50.1 Å². The molecule has 1 aromatic carbocycles. The first-order chi connectivity index (χ1) is 5.77. The SMILES string of the molecule is NC1NC(=S)Nc2ccccc21. The molecule has 0 bridgehead atoms. The molecule has 0 amide bonds. The van der Waals surface area contributed by atoms with Gasteiger partial charge in [-0.3, -0.25) is 0 Å². The summed E-state index contributed by atoms with van der Waals surface area (Å²) in [5.41, 5.74) is 7.84. The van der Waals surface area contributed by atoms with Crippen LogP contribution in [0.4, 0.5) is 5.69 Å². The smallest absolute Gasteiger partial charge is 0.172 e. The molecule has 0 fully saturated rings. The Labute approximate surface area is 76.0 Å². The number of hydrogen-bond acceptors (Lipinski definition) is 2. The molecule has 3 nitrogen and oxygen atoms in total. The molecule has 1 unspecified atom stereocenters. The average molecular weight is 179 g/mol. The predicted molar refractivity (Wildman–Crippen MR) is 52.7 cm³/mol. The van der Waals surface area contributed by atoms with Gasteiger partial charge < -0.3 is 16.4 Å². The van der Waals surface area contributed by atoms with Gasteiger partial charge in [-0.2, -0.15) is 0 Å². The van der Waals surface area contributed by atoms with Crippen molar-refractivity contribution in [3.8, 4) is 0 Å². The van der Waals surface area contributed by atoms with E-state index in [0.717, 1.165) is 11.3 Å². The van der Waals surface area contributed by atoms with Crippen molar-refractivity contribution >= 4 is 23.0 Å². The van der Waals surface area contributed by atoms with Crippen LogP contribution in [-0.2, 0) is 0 Å². The Morgan fingerprint density at radius 2 is 2.08 bits per heavy atom. The lowest BCUT2D eigenvalue weighted by Gasteiger charge is -2.25. The zero-order valence-corrected chi connectivity index (χ0v) is 7.19. The Bertz CT molecular complexity index is 324. The van der Waals surface area contributed by atoms with Gasteiger partial charge in [0.15, 0.2) is 5.11 Å². The van der Waals surface area contributed by atoms with E-state index in [0.29, 0.717) is 5.11 Å². The molecule has 62 valence electrons. The van der Waals surface area contributed by atoms with E-state index in [4.69, 9.17) is 18.0 Å². The van der Waals surface area contributed by atoms with Crippen LogP contribution in [0.25, 0.3) is 0 Å². The van der Waals surface area contributed by atoms with Crippen molar-refractivity contribution in [1.29, 1.82) is 0 Å². The van der Waals surface area contributed by atoms with Crippen molar-refractivity contribution in [2.75, 3.05) is 5.32 Å². The number of hydrogen-bond donors (Lipinski definition) is 3. The van der Waals surface area contributed by atoms with Crippen LogP contribution in [0.5, 0.6) is 0 Å². The third-order valence-electron chi connectivity index (χ3n) is 1.83. The van der Waals surface area contributed by atoms with E-state index in [9.17, 15) is 0 Å². The van der Waals surface area contributed by atoms with Gasteiger partial charge in [-0.25, -0.2) is 0 Å². The summed E-state index contributed by atoms with van der Waals surface area (Å²) in [4.78, 5) is 0. The standard InChI is InChI=1S/C8H9N3S/c9-7-5-3-1-2-4-6(5)10-8(12)11-7/h1-4,7H,9H2,(H2,10,11,12). The van der Waals surface area contributed by atoms with Crippen LogP contribution in [0, 0.1) is 0 Å². The van der Waals surface area contributed by atoms with Gasteiger partial charge in [-0.05, 0) is 18.3 Å². The van der Waals surface area contributed by atoms with Gasteiger partial charge in [-0.1, -0.05) is 18.2 Å². The van der Waals surface area contributed by atoms with Crippen LogP contribution < -0.4 is 16.4 Å². The van der Waals surface area contributed by atoms with Crippen LogP contribution in [0.3, 0.4) is 0 Å². The van der Waals surface area contributed by atoms with Crippen molar-refractivity contribution < 1.29 is 0 Å². The largest absolute Gasteiger partial charge is 0.343 e. The Balaban J connectivity index is 2.47. The molecule has 0 aliphatic carbocycles. The molecule has 0 saturated carbocycles. The van der Waals surface area contributed by atoms with Gasteiger partial charge >= 0.3 is 0 Å². The number of benzene rings is 1. The number of fused-ring (bicyclic) bond motifs is 1. The van der Waals surface area contributed by atoms with Gasteiger partial charge in [0.2, 0.25) is 0 Å². The lowest BCUT2D eigenvalue weighted by Crippen LogP contribution is -2.41. The monoisotopic (exact) mass is 179 g/mol. The molecular formula is C8H9N3S. The second-order valence-electron chi connectivity index (χ2n) is 2.66. The highest BCUT2D eigenvalue weighted by molar-refractivity contribution is 7.80. The van der Waals surface area contributed by atoms with Crippen molar-refractivity contribution in [2.24, 2.45) is 5.73 Å². The van der Waals surface area contributed by atoms with E-state index < -0.39 is 0 Å². The van der Waals surface area contributed by atoms with Gasteiger partial charge in [0.25, 0.3) is 0 Å². The second kappa shape index (κ2) is 2.73. The van der Waals surface area contributed by atoms with Crippen LogP contribution in [0.2, 0.25) is 0 Å². The minimum Gasteiger partial charge on any atom is -0.343 e. The van der Waals surface area contributed by atoms with Crippen molar-refractivity contribution in [2.45, 2.75) is 6.17 Å². The van der Waals surface area contributed by atoms with E-state index in [1.165, 1.54) is 0 Å². The summed E-state index contributed by atoms with van der Waals surface area (Å²) in [6, 6.07) is 7.84. The van der Waals surface area contributed by atoms with Crippen LogP contribution in [0.1, 0.15) is 11.7 Å². The predicted octanol–water partition coefficient (Wildman–Crippen LogP) is 0.944. The van der Waals surface area contributed by atoms with Gasteiger partial charge in [0.1, 0.15) is 6.17 Å². The van der Waals surface area contributed by atoms with Crippen molar-refractivity contribution in [3.63, 3.8) is 0 Å². The lowest BCUT2D eigenvalue weighted by molar-refractivity contribution is 0.678. The first kappa shape index (κ1) is 7.52. The van der Waals surface area contributed by atoms with Crippen molar-refractivity contribution in [3.05, 3.63) is 29.8 Å². The second-order valence-corrected chi connectivity index (χ2v) is 3.07. The number of anilines is 1. The number of rotatable bonds is 0. The van der Waals surface area contributed by atoms with Crippen LogP contribution in [0.15, 0.2) is 24.3 Å². The number of nitrogens with one attached hydrogen (secondary N) is 2. The molecule has 0 saturated heterocycles. The summed E-state index contributed by atoms with van der Waals surface area (Å²) in [5, 5.41) is 6.55. The average Bonchev–Trinajstić information content (AvgIpc) is 2.04. The molecule has 0 radical (unpaired) electrons. The number of thiocarbonyl (C=S) groups is 1. The molecule has 4 heteroatoms. The summed E-state index contributed by atoms with van der Waals surface area (Å²) >= 11 is 4.96. The van der Waals surface area contributed by atoms with Gasteiger partial charge in [0.05, 0.1) is 0 Å². The fraction of sp³-hybridized carbons (Fsp3) is 0.125. The van der Waals surface area contributed by atoms with Gasteiger partial charge in [-0.15, -0.1) is 0 Å². The minimum atomic E-state index is -0.185. The van der Waals surface area contributed by atoms with E-state index in [-0.39, 0.29) is 6.17 Å². The third kappa shape index (κ3) is 1.15. The summed E-state index contributed by atoms with van der Waals surface area (Å²) in [7, 11) is 0. The summed E-state index contributed by atoms with van der Waals surface area (Å²) in [5.74, 6) is 0. The van der Waals surface area contributed by atoms with Crippen LogP contribution in [-0.4, -0.2) is 5.11 Å². The molecular weight excluding hydrogens is 170 g/mol. The van der Waals surface area contributed by atoms with E-state index in [2.05, 4.69) is 10.6 Å². The first-order valence-corrected chi connectivity index (χ1v) is 4.10. The lowest BCUT2D eigenvalue weighted by atomic mass is 10.1. The zero-order valence-electron chi connectivity index (χ0n) is 6.37. The molecule has 0 aromatic heterocycles. The highest BCUT2D eigenvalue weighted by Crippen LogP contribution is 2.22. The maximum atomic E-state index is 5.80. The molecule has 2 rings (SSSR count). The van der Waals surface area contributed by atoms with E-state index >= 15 is 0 Å². The summed E-state index contributed by atoms with van der Waals surface area (Å²) in [6.45, 7) is 0. The fourth-order valence-electron chi connectivity index (χ4n) is 1.26. The van der Waals surface area contributed by atoms with Crippen molar-refractivity contribution in [1.82, 2.24) is 5.32 Å². The molecule has 1 atom stereocenters. The quantitative estimate of drug-likeness (QED) is 0.519. The van der Waals surface area contributed by atoms with Crippen LogP contribution >= 0.6 is 12.2 Å². The normalized spacial score (nSPS) is 20.8. The molecule has 1 aromatic rings. The van der Waals surface area contributed by atoms with E-state index in [1.54, 1.807) is 0 Å². The molecule has 12 heavy (non-hydrogen) atoms. The Morgan fingerprint density at radius 1 is 1.33 bits per heavy atom. The highest BCUT2D eigenvalue weighted by Gasteiger charge is 2.16. The van der Waals surface area contributed by atoms with E-state index in [1.807, 2.05) is 24.3 Å². The fourth-order valence-corrected chi connectivity index (χ4v) is 1.50. The number of nitrogens with two attached hydrogens (primary N) is 1. The first-order valence-electron chi connectivity index (χ1n) is 3.69. The summed E-state index contributed by atoms with van der Waals surface area (Å²) < 4.78 is 0. The Hall–Kier alpha value is -1.13. The Kier molecular flexibility index (Phi) is 1.71.